The first-order valence-corrected chi connectivity index (χ1v) is 9.28. The van der Waals surface area contributed by atoms with Crippen molar-refractivity contribution in [2.45, 2.75) is 50.3 Å². The minimum Gasteiger partial charge on any atom is -0.466 e. The molecule has 0 aromatic carbocycles. The van der Waals surface area contributed by atoms with Crippen molar-refractivity contribution in [3.05, 3.63) is 10.6 Å². The van der Waals surface area contributed by atoms with Gasteiger partial charge in [-0.1, -0.05) is 16.9 Å². The summed E-state index contributed by atoms with van der Waals surface area (Å²) in [6, 6.07) is 0. The molecule has 0 bridgehead atoms. The van der Waals surface area contributed by atoms with Crippen LogP contribution in [0.25, 0.3) is 0 Å². The van der Waals surface area contributed by atoms with Crippen LogP contribution >= 0.6 is 34.4 Å². The molecule has 0 unspecified atom stereocenters. The van der Waals surface area contributed by atoms with Crippen molar-refractivity contribution in [2.24, 2.45) is 0 Å². The summed E-state index contributed by atoms with van der Waals surface area (Å²) in [5.74, 6) is -0.0970. The SMILES string of the molecule is Cc1nc(NC(=O)[C@H](C)Sc2nnc(OC(C)C)s2)sc1C. The molecule has 0 fully saturated rings. The molecule has 22 heavy (non-hydrogen) atoms. The first-order valence-electron chi connectivity index (χ1n) is 6.77. The van der Waals surface area contributed by atoms with Crippen LogP contribution < -0.4 is 10.1 Å². The number of thioether (sulfide) groups is 1. The van der Waals surface area contributed by atoms with Crippen molar-refractivity contribution in [3.63, 3.8) is 0 Å². The fourth-order valence-corrected chi connectivity index (χ4v) is 4.20. The normalized spacial score (nSPS) is 12.5. The van der Waals surface area contributed by atoms with Crippen molar-refractivity contribution in [3.8, 4) is 5.19 Å². The van der Waals surface area contributed by atoms with Crippen LogP contribution in [0.2, 0.25) is 0 Å². The highest BCUT2D eigenvalue weighted by Crippen LogP contribution is 2.31. The Labute approximate surface area is 141 Å². The standard InChI is InChI=1S/C13H18N4O2S3/c1-6(2)19-12-16-17-13(22-12)21-9(5)10(18)15-11-14-7(3)8(4)20-11/h6,9H,1-5H3,(H,14,15,18)/t9-/m0/s1. The number of rotatable bonds is 6. The Kier molecular flexibility index (Phi) is 5.76. The van der Waals surface area contributed by atoms with E-state index in [9.17, 15) is 4.79 Å². The Balaban J connectivity index is 1.92. The Hall–Kier alpha value is -1.19. The number of nitrogens with zero attached hydrogens (tertiary/aromatic N) is 3. The molecule has 0 radical (unpaired) electrons. The van der Waals surface area contributed by atoms with Crippen LogP contribution in [0.4, 0.5) is 5.13 Å². The number of amides is 1. The number of hydrogen-bond donors (Lipinski definition) is 1. The molecule has 1 atom stereocenters. The minimum absolute atomic E-state index is 0.0582. The maximum atomic E-state index is 12.2. The summed E-state index contributed by atoms with van der Waals surface area (Å²) in [5, 5.41) is 11.7. The van der Waals surface area contributed by atoms with E-state index in [-0.39, 0.29) is 17.3 Å². The molecule has 6 nitrogen and oxygen atoms in total. The van der Waals surface area contributed by atoms with Crippen molar-refractivity contribution in [1.29, 1.82) is 0 Å². The maximum Gasteiger partial charge on any atom is 0.295 e. The second-order valence-electron chi connectivity index (χ2n) is 4.91. The second kappa shape index (κ2) is 7.38. The van der Waals surface area contributed by atoms with Crippen molar-refractivity contribution < 1.29 is 9.53 Å². The number of aryl methyl sites for hydroxylation is 2. The summed E-state index contributed by atoms with van der Waals surface area (Å²) < 4.78 is 6.18. The fraction of sp³-hybridized carbons (Fsp3) is 0.538. The Bertz CT molecular complexity index is 634. The van der Waals surface area contributed by atoms with Gasteiger partial charge < -0.3 is 10.1 Å². The van der Waals surface area contributed by atoms with E-state index >= 15 is 0 Å². The average molecular weight is 359 g/mol. The zero-order valence-electron chi connectivity index (χ0n) is 13.0. The van der Waals surface area contributed by atoms with Crippen LogP contribution in [-0.4, -0.2) is 32.4 Å². The van der Waals surface area contributed by atoms with Gasteiger partial charge in [-0.05, 0) is 46.0 Å². The van der Waals surface area contributed by atoms with Crippen LogP contribution in [0.15, 0.2) is 4.34 Å². The highest BCUT2D eigenvalue weighted by molar-refractivity contribution is 8.02. The zero-order valence-corrected chi connectivity index (χ0v) is 15.5. The topological polar surface area (TPSA) is 77.0 Å². The molecule has 1 N–H and O–H groups in total. The van der Waals surface area contributed by atoms with Crippen LogP contribution in [0.3, 0.4) is 0 Å². The number of carbonyl (C=O) groups is 1. The number of anilines is 1. The van der Waals surface area contributed by atoms with Gasteiger partial charge in [0.05, 0.1) is 17.0 Å². The quantitative estimate of drug-likeness (QED) is 0.796. The Morgan fingerprint density at radius 1 is 1.23 bits per heavy atom. The molecular weight excluding hydrogens is 340 g/mol. The number of aromatic nitrogens is 3. The first-order chi connectivity index (χ1) is 10.3. The van der Waals surface area contributed by atoms with E-state index in [4.69, 9.17) is 4.74 Å². The molecule has 2 aromatic heterocycles. The molecule has 0 spiro atoms. The number of carbonyl (C=O) groups excluding carboxylic acids is 1. The fourth-order valence-electron chi connectivity index (χ4n) is 1.43. The van der Waals surface area contributed by atoms with Crippen molar-refractivity contribution >= 4 is 45.5 Å². The molecule has 2 rings (SSSR count). The van der Waals surface area contributed by atoms with Gasteiger partial charge in [0.25, 0.3) is 5.19 Å². The molecular formula is C13H18N4O2S3. The van der Waals surface area contributed by atoms with E-state index in [0.29, 0.717) is 14.7 Å². The molecule has 9 heteroatoms. The molecule has 0 saturated heterocycles. The zero-order chi connectivity index (χ0) is 16.3. The summed E-state index contributed by atoms with van der Waals surface area (Å²) in [7, 11) is 0. The van der Waals surface area contributed by atoms with Crippen molar-refractivity contribution in [1.82, 2.24) is 15.2 Å². The predicted octanol–water partition coefficient (Wildman–Crippen LogP) is 3.52. The number of nitrogens with one attached hydrogen (secondary N) is 1. The smallest absolute Gasteiger partial charge is 0.295 e. The highest BCUT2D eigenvalue weighted by atomic mass is 32.2. The molecule has 2 aromatic rings. The van der Waals surface area contributed by atoms with E-state index in [1.807, 2.05) is 34.6 Å². The van der Waals surface area contributed by atoms with Gasteiger partial charge in [0, 0.05) is 4.88 Å². The van der Waals surface area contributed by atoms with E-state index < -0.39 is 0 Å². The largest absolute Gasteiger partial charge is 0.466 e. The molecule has 120 valence electrons. The van der Waals surface area contributed by atoms with E-state index in [1.54, 1.807) is 0 Å². The molecule has 1 amide bonds. The highest BCUT2D eigenvalue weighted by Gasteiger charge is 2.19. The second-order valence-corrected chi connectivity index (χ2v) is 8.64. The Morgan fingerprint density at radius 2 is 1.95 bits per heavy atom. The van der Waals surface area contributed by atoms with Crippen LogP contribution in [0.5, 0.6) is 5.19 Å². The first kappa shape index (κ1) is 17.2. The van der Waals surface area contributed by atoms with Gasteiger partial charge in [0.15, 0.2) is 9.47 Å². The third-order valence-electron chi connectivity index (χ3n) is 2.63. The third-order valence-corrected chi connectivity index (χ3v) is 5.62. The van der Waals surface area contributed by atoms with E-state index in [1.165, 1.54) is 34.4 Å². The third kappa shape index (κ3) is 4.65. The molecule has 0 saturated carbocycles. The monoisotopic (exact) mass is 358 g/mol. The molecule has 2 heterocycles. The number of thiazole rings is 1. The lowest BCUT2D eigenvalue weighted by Crippen LogP contribution is -2.22. The minimum atomic E-state index is -0.288. The summed E-state index contributed by atoms with van der Waals surface area (Å²) in [6.07, 6.45) is 0.0582. The van der Waals surface area contributed by atoms with Gasteiger partial charge in [-0.25, -0.2) is 4.98 Å². The summed E-state index contributed by atoms with van der Waals surface area (Å²) in [6.45, 7) is 9.61. The number of ether oxygens (including phenoxy) is 1. The summed E-state index contributed by atoms with van der Waals surface area (Å²) in [4.78, 5) is 17.6. The predicted molar refractivity (Wildman–Crippen MR) is 91.2 cm³/mol. The lowest BCUT2D eigenvalue weighted by atomic mass is 10.4. The lowest BCUT2D eigenvalue weighted by Gasteiger charge is -2.07. The van der Waals surface area contributed by atoms with Crippen LogP contribution in [0.1, 0.15) is 31.3 Å². The van der Waals surface area contributed by atoms with E-state index in [0.717, 1.165) is 10.6 Å². The number of hydrogen-bond acceptors (Lipinski definition) is 8. The van der Waals surface area contributed by atoms with Gasteiger partial charge >= 0.3 is 0 Å². The van der Waals surface area contributed by atoms with Gasteiger partial charge in [0.1, 0.15) is 0 Å². The van der Waals surface area contributed by atoms with Gasteiger partial charge in [-0.2, -0.15) is 0 Å². The molecule has 0 aliphatic heterocycles. The van der Waals surface area contributed by atoms with E-state index in [2.05, 4.69) is 20.5 Å². The van der Waals surface area contributed by atoms with Gasteiger partial charge in [0.2, 0.25) is 5.91 Å². The molecule has 0 aliphatic rings. The molecule has 0 aliphatic carbocycles. The summed E-state index contributed by atoms with van der Waals surface area (Å²) in [5.41, 5.74) is 0.945. The van der Waals surface area contributed by atoms with Crippen LogP contribution in [0, 0.1) is 13.8 Å². The van der Waals surface area contributed by atoms with Gasteiger partial charge in [-0.3, -0.25) is 4.79 Å². The average Bonchev–Trinajstić information content (AvgIpc) is 2.96. The maximum absolute atomic E-state index is 12.2. The van der Waals surface area contributed by atoms with Crippen molar-refractivity contribution in [2.75, 3.05) is 5.32 Å². The Morgan fingerprint density at radius 3 is 2.55 bits per heavy atom. The van der Waals surface area contributed by atoms with Gasteiger partial charge in [-0.15, -0.1) is 16.4 Å². The lowest BCUT2D eigenvalue weighted by molar-refractivity contribution is -0.115. The van der Waals surface area contributed by atoms with Crippen LogP contribution in [-0.2, 0) is 4.79 Å². The summed E-state index contributed by atoms with van der Waals surface area (Å²) >= 11 is 4.18.